The molecule has 1 amide bonds. The number of ether oxygens (including phenoxy) is 1. The number of hydrogen-bond donors (Lipinski definition) is 2. The lowest BCUT2D eigenvalue weighted by molar-refractivity contribution is -0.130. The molecule has 0 saturated heterocycles. The predicted molar refractivity (Wildman–Crippen MR) is 128 cm³/mol. The Morgan fingerprint density at radius 1 is 1.23 bits per heavy atom. The minimum atomic E-state index is -0.0840. The molecule has 30 heavy (non-hydrogen) atoms. The maximum atomic E-state index is 11.7. The van der Waals surface area contributed by atoms with Gasteiger partial charge >= 0.3 is 0 Å². The normalized spacial score (nSPS) is 11.5. The number of hydrogen-bond acceptors (Lipinski definition) is 5. The molecule has 0 aliphatic carbocycles. The molecule has 9 heteroatoms. The molecule has 8 nitrogen and oxygen atoms in total. The number of aliphatic imine (C=N–C) groups is 1. The molecule has 1 aromatic carbocycles. The summed E-state index contributed by atoms with van der Waals surface area (Å²) in [5.41, 5.74) is 0.934. The summed E-state index contributed by atoms with van der Waals surface area (Å²) in [7, 11) is 5.11. The second-order valence-corrected chi connectivity index (χ2v) is 7.87. The van der Waals surface area contributed by atoms with Crippen molar-refractivity contribution in [2.75, 3.05) is 27.7 Å². The molecule has 0 atom stereocenters. The van der Waals surface area contributed by atoms with E-state index in [9.17, 15) is 4.79 Å². The summed E-state index contributed by atoms with van der Waals surface area (Å²) in [5.74, 6) is 2.66. The van der Waals surface area contributed by atoms with E-state index in [4.69, 9.17) is 9.15 Å². The lowest BCUT2D eigenvalue weighted by Crippen LogP contribution is -2.36. The highest BCUT2D eigenvalue weighted by atomic mass is 127. The first-order chi connectivity index (χ1) is 13.7. The first kappa shape index (κ1) is 25.7. The van der Waals surface area contributed by atoms with Crippen LogP contribution in [0, 0.1) is 0 Å². The van der Waals surface area contributed by atoms with Crippen molar-refractivity contribution >= 4 is 35.8 Å². The van der Waals surface area contributed by atoms with Crippen LogP contribution in [0.25, 0.3) is 0 Å². The molecule has 0 aliphatic rings. The van der Waals surface area contributed by atoms with Gasteiger partial charge in [0.05, 0.1) is 12.7 Å². The van der Waals surface area contributed by atoms with E-state index in [2.05, 4.69) is 41.4 Å². The molecule has 0 saturated carbocycles. The maximum absolute atomic E-state index is 11.7. The van der Waals surface area contributed by atoms with Crippen LogP contribution in [0.15, 0.2) is 39.9 Å². The molecule has 2 N–H and O–H groups in total. The Hall–Kier alpha value is -2.30. The monoisotopic (exact) mass is 529 g/mol. The zero-order valence-corrected chi connectivity index (χ0v) is 20.8. The quantitative estimate of drug-likeness (QED) is 0.326. The number of carbonyl (C=O) groups is 1. The third-order valence-electron chi connectivity index (χ3n) is 4.14. The highest BCUT2D eigenvalue weighted by Crippen LogP contribution is 2.22. The Morgan fingerprint density at radius 3 is 2.53 bits per heavy atom. The van der Waals surface area contributed by atoms with Crippen molar-refractivity contribution < 1.29 is 13.9 Å². The van der Waals surface area contributed by atoms with Crippen molar-refractivity contribution in [1.82, 2.24) is 20.5 Å². The van der Waals surface area contributed by atoms with Crippen LogP contribution in [-0.4, -0.2) is 49.5 Å². The highest BCUT2D eigenvalue weighted by molar-refractivity contribution is 14.0. The zero-order chi connectivity index (χ0) is 21.4. The fraction of sp³-hybridized carbons (Fsp3) is 0.476. The largest absolute Gasteiger partial charge is 0.484 e. The lowest BCUT2D eigenvalue weighted by Gasteiger charge is -2.14. The fourth-order valence-corrected chi connectivity index (χ4v) is 2.32. The molecule has 166 valence electrons. The van der Waals surface area contributed by atoms with Crippen LogP contribution >= 0.6 is 24.0 Å². The number of guanidine groups is 1. The number of benzene rings is 1. The van der Waals surface area contributed by atoms with E-state index < -0.39 is 0 Å². The number of likely N-dealkylation sites (N-methyl/N-ethyl adjacent to an activating group) is 1. The van der Waals surface area contributed by atoms with E-state index >= 15 is 0 Å². The molecular formula is C21H32IN5O3. The number of oxazole rings is 1. The minimum absolute atomic E-state index is 0. The zero-order valence-electron chi connectivity index (χ0n) is 18.5. The van der Waals surface area contributed by atoms with E-state index in [1.54, 1.807) is 27.3 Å². The Morgan fingerprint density at radius 2 is 1.93 bits per heavy atom. The van der Waals surface area contributed by atoms with Crippen LogP contribution < -0.4 is 15.4 Å². The van der Waals surface area contributed by atoms with E-state index in [0.717, 1.165) is 11.3 Å². The summed E-state index contributed by atoms with van der Waals surface area (Å²) < 4.78 is 11.3. The summed E-state index contributed by atoms with van der Waals surface area (Å²) in [6, 6.07) is 7.59. The standard InChI is InChI=1S/C21H31N5O3.HI/c1-21(2,3)17-12-23-18(29-17)13-25-20(22-4)24-11-15-8-7-9-16(10-15)28-14-19(27)26(5)6;/h7-10,12H,11,13-14H2,1-6H3,(H2,22,24,25);1H. The van der Waals surface area contributed by atoms with E-state index in [-0.39, 0.29) is 41.9 Å². The summed E-state index contributed by atoms with van der Waals surface area (Å²) in [5, 5.41) is 6.43. The number of carbonyl (C=O) groups excluding carboxylic acids is 1. The summed E-state index contributed by atoms with van der Waals surface area (Å²) in [6.07, 6.45) is 1.76. The molecule has 0 unspecified atom stereocenters. The van der Waals surface area contributed by atoms with E-state index in [1.165, 1.54) is 4.90 Å². The number of nitrogens with zero attached hydrogens (tertiary/aromatic N) is 3. The number of halogens is 1. The van der Waals surface area contributed by atoms with Gasteiger partial charge in [0.25, 0.3) is 5.91 Å². The topological polar surface area (TPSA) is 92.0 Å². The summed E-state index contributed by atoms with van der Waals surface area (Å²) in [6.45, 7) is 7.25. The number of amides is 1. The van der Waals surface area contributed by atoms with Crippen LogP contribution in [0.5, 0.6) is 5.75 Å². The van der Waals surface area contributed by atoms with Gasteiger partial charge in [0.1, 0.15) is 11.5 Å². The van der Waals surface area contributed by atoms with Crippen LogP contribution in [0.1, 0.15) is 38.0 Å². The van der Waals surface area contributed by atoms with Gasteiger partial charge in [-0.25, -0.2) is 4.98 Å². The van der Waals surface area contributed by atoms with Gasteiger partial charge in [-0.1, -0.05) is 32.9 Å². The molecular weight excluding hydrogens is 497 g/mol. The molecule has 1 aromatic heterocycles. The van der Waals surface area contributed by atoms with Crippen molar-refractivity contribution in [1.29, 1.82) is 0 Å². The molecule has 2 aromatic rings. The van der Waals surface area contributed by atoms with Gasteiger partial charge < -0.3 is 24.7 Å². The van der Waals surface area contributed by atoms with Crippen LogP contribution in [-0.2, 0) is 23.3 Å². The van der Waals surface area contributed by atoms with E-state index in [1.807, 2.05) is 24.3 Å². The van der Waals surface area contributed by atoms with Gasteiger partial charge in [0, 0.05) is 33.1 Å². The van der Waals surface area contributed by atoms with Crippen LogP contribution in [0.3, 0.4) is 0 Å². The van der Waals surface area contributed by atoms with Gasteiger partial charge in [0.2, 0.25) is 5.89 Å². The van der Waals surface area contributed by atoms with Crippen LogP contribution in [0.4, 0.5) is 0 Å². The van der Waals surface area contributed by atoms with Crippen molar-refractivity contribution in [3.63, 3.8) is 0 Å². The van der Waals surface area contributed by atoms with E-state index in [0.29, 0.717) is 30.7 Å². The molecule has 0 spiro atoms. The van der Waals surface area contributed by atoms with Crippen molar-refractivity contribution in [2.45, 2.75) is 39.3 Å². The maximum Gasteiger partial charge on any atom is 0.259 e. The number of nitrogens with one attached hydrogen (secondary N) is 2. The van der Waals surface area contributed by atoms with Gasteiger partial charge in [0.15, 0.2) is 12.6 Å². The van der Waals surface area contributed by atoms with Crippen molar-refractivity contribution in [3.8, 4) is 5.75 Å². The van der Waals surface area contributed by atoms with Crippen molar-refractivity contribution in [3.05, 3.63) is 47.7 Å². The second kappa shape index (κ2) is 11.8. The predicted octanol–water partition coefficient (Wildman–Crippen LogP) is 2.92. The Bertz CT molecular complexity index is 843. The van der Waals surface area contributed by atoms with Gasteiger partial charge in [-0.15, -0.1) is 24.0 Å². The molecule has 0 radical (unpaired) electrons. The van der Waals surface area contributed by atoms with Crippen LogP contribution in [0.2, 0.25) is 0 Å². The smallest absolute Gasteiger partial charge is 0.259 e. The van der Waals surface area contributed by atoms with Crippen molar-refractivity contribution in [2.24, 2.45) is 4.99 Å². The minimum Gasteiger partial charge on any atom is -0.484 e. The number of aromatic nitrogens is 1. The molecule has 0 bridgehead atoms. The van der Waals surface area contributed by atoms with Gasteiger partial charge in [-0.2, -0.15) is 0 Å². The van der Waals surface area contributed by atoms with Gasteiger partial charge in [-0.05, 0) is 17.7 Å². The second-order valence-electron chi connectivity index (χ2n) is 7.87. The summed E-state index contributed by atoms with van der Waals surface area (Å²) in [4.78, 5) is 21.7. The fourth-order valence-electron chi connectivity index (χ4n) is 2.32. The van der Waals surface area contributed by atoms with Gasteiger partial charge in [-0.3, -0.25) is 9.79 Å². The Kier molecular flexibility index (Phi) is 10.1. The molecule has 1 heterocycles. The third kappa shape index (κ3) is 8.21. The first-order valence-corrected chi connectivity index (χ1v) is 9.50. The Labute approximate surface area is 195 Å². The Balaban J connectivity index is 0.00000450. The molecule has 2 rings (SSSR count). The average molecular weight is 529 g/mol. The first-order valence-electron chi connectivity index (χ1n) is 9.50. The lowest BCUT2D eigenvalue weighted by atomic mass is 9.94. The SMILES string of the molecule is CN=C(NCc1cccc(OCC(=O)N(C)C)c1)NCc1ncc(C(C)(C)C)o1.I. The molecule has 0 aliphatic heterocycles. The highest BCUT2D eigenvalue weighted by Gasteiger charge is 2.19. The number of rotatable bonds is 7. The summed E-state index contributed by atoms with van der Waals surface area (Å²) >= 11 is 0. The third-order valence-corrected chi connectivity index (χ3v) is 4.14. The average Bonchev–Trinajstić information content (AvgIpc) is 3.16. The molecule has 0 fully saturated rings.